The van der Waals surface area contributed by atoms with Crippen molar-refractivity contribution in [2.24, 2.45) is 5.92 Å². The number of nitrogens with zero attached hydrogens (tertiary/aromatic N) is 1. The van der Waals surface area contributed by atoms with Crippen LogP contribution in [0.25, 0.3) is 0 Å². The van der Waals surface area contributed by atoms with E-state index in [-0.39, 0.29) is 12.1 Å². The van der Waals surface area contributed by atoms with Crippen molar-refractivity contribution >= 4 is 6.03 Å². The van der Waals surface area contributed by atoms with Gasteiger partial charge in [-0.2, -0.15) is 0 Å². The van der Waals surface area contributed by atoms with Gasteiger partial charge in [-0.3, -0.25) is 0 Å². The summed E-state index contributed by atoms with van der Waals surface area (Å²) in [6, 6.07) is 3.74. The van der Waals surface area contributed by atoms with Crippen LogP contribution >= 0.6 is 0 Å². The average molecular weight is 263 g/mol. The lowest BCUT2D eigenvalue weighted by molar-refractivity contribution is 0.238. The minimum Gasteiger partial charge on any atom is -0.477 e. The fourth-order valence-corrected chi connectivity index (χ4v) is 1.58. The summed E-state index contributed by atoms with van der Waals surface area (Å²) in [5.41, 5.74) is 0.956. The van der Waals surface area contributed by atoms with E-state index in [2.05, 4.69) is 15.6 Å². The Hall–Kier alpha value is -1.78. The van der Waals surface area contributed by atoms with E-state index in [9.17, 15) is 4.79 Å². The number of nitrogens with one attached hydrogen (secondary N) is 2. The molecule has 0 spiro atoms. The molecule has 19 heavy (non-hydrogen) atoms. The molecule has 5 heteroatoms. The Kier molecular flexibility index (Phi) is 4.60. The number of hydrogen-bond acceptors (Lipinski definition) is 3. The van der Waals surface area contributed by atoms with Crippen LogP contribution in [0.1, 0.15) is 32.3 Å². The molecule has 1 aliphatic carbocycles. The van der Waals surface area contributed by atoms with Crippen molar-refractivity contribution in [3.05, 3.63) is 23.9 Å². The molecule has 1 heterocycles. The number of hydrogen-bond donors (Lipinski definition) is 2. The summed E-state index contributed by atoms with van der Waals surface area (Å²) in [5.74, 6) is 1.38. The highest BCUT2D eigenvalue weighted by molar-refractivity contribution is 5.74. The van der Waals surface area contributed by atoms with Crippen LogP contribution in [0, 0.1) is 5.92 Å². The van der Waals surface area contributed by atoms with Crippen LogP contribution in [0.4, 0.5) is 4.79 Å². The Labute approximate surface area is 113 Å². The van der Waals surface area contributed by atoms with Crippen molar-refractivity contribution in [1.82, 2.24) is 15.6 Å². The molecule has 104 valence electrons. The molecular weight excluding hydrogens is 242 g/mol. The largest absolute Gasteiger partial charge is 0.477 e. The third-order valence-corrected chi connectivity index (χ3v) is 2.83. The number of carbonyl (C=O) groups is 1. The highest BCUT2D eigenvalue weighted by Crippen LogP contribution is 2.29. The molecule has 0 saturated heterocycles. The van der Waals surface area contributed by atoms with Gasteiger partial charge in [-0.15, -0.1) is 0 Å². The number of carbonyl (C=O) groups excluding carboxylic acids is 1. The summed E-state index contributed by atoms with van der Waals surface area (Å²) >= 11 is 0. The van der Waals surface area contributed by atoms with E-state index in [0.29, 0.717) is 12.4 Å². The summed E-state index contributed by atoms with van der Waals surface area (Å²) in [6.45, 7) is 5.08. The molecule has 1 fully saturated rings. The molecule has 0 atom stereocenters. The van der Waals surface area contributed by atoms with Gasteiger partial charge in [0.15, 0.2) is 0 Å². The van der Waals surface area contributed by atoms with Crippen molar-refractivity contribution < 1.29 is 9.53 Å². The van der Waals surface area contributed by atoms with Gasteiger partial charge in [-0.25, -0.2) is 9.78 Å². The molecule has 2 rings (SSSR count). The van der Waals surface area contributed by atoms with Gasteiger partial charge in [0.2, 0.25) is 5.88 Å². The monoisotopic (exact) mass is 263 g/mol. The van der Waals surface area contributed by atoms with Gasteiger partial charge in [0.1, 0.15) is 0 Å². The second kappa shape index (κ2) is 6.41. The average Bonchev–Trinajstić information content (AvgIpc) is 3.18. The Bertz CT molecular complexity index is 413. The standard InChI is InChI=1S/C14H21N3O2/c1-10(2)17-14(18)16-8-12-5-6-13(15-7-12)19-9-11-3-4-11/h5-7,10-11H,3-4,8-9H2,1-2H3,(H2,16,17,18). The molecule has 1 saturated carbocycles. The molecule has 0 unspecified atom stereocenters. The molecule has 2 amide bonds. The third kappa shape index (κ3) is 5.16. The first-order chi connectivity index (χ1) is 9.13. The van der Waals surface area contributed by atoms with Crippen LogP contribution in [0.5, 0.6) is 5.88 Å². The Morgan fingerprint density at radius 2 is 2.26 bits per heavy atom. The first-order valence-electron chi connectivity index (χ1n) is 6.75. The molecule has 1 aromatic heterocycles. The van der Waals surface area contributed by atoms with E-state index in [1.165, 1.54) is 12.8 Å². The number of pyridine rings is 1. The number of amides is 2. The predicted molar refractivity (Wildman–Crippen MR) is 73.0 cm³/mol. The van der Waals surface area contributed by atoms with E-state index in [0.717, 1.165) is 18.1 Å². The maximum absolute atomic E-state index is 11.4. The predicted octanol–water partition coefficient (Wildman–Crippen LogP) is 2.08. The lowest BCUT2D eigenvalue weighted by atomic mass is 10.3. The number of ether oxygens (including phenoxy) is 1. The Balaban J connectivity index is 1.72. The first kappa shape index (κ1) is 13.6. The van der Waals surface area contributed by atoms with Crippen molar-refractivity contribution in [2.45, 2.75) is 39.3 Å². The van der Waals surface area contributed by atoms with Crippen molar-refractivity contribution in [1.29, 1.82) is 0 Å². The molecule has 0 aliphatic heterocycles. The maximum atomic E-state index is 11.4. The normalized spacial score (nSPS) is 14.3. The molecule has 0 radical (unpaired) electrons. The van der Waals surface area contributed by atoms with Crippen LogP contribution < -0.4 is 15.4 Å². The SMILES string of the molecule is CC(C)NC(=O)NCc1ccc(OCC2CC2)nc1. The number of aromatic nitrogens is 1. The molecule has 1 aromatic rings. The lowest BCUT2D eigenvalue weighted by Gasteiger charge is -2.10. The van der Waals surface area contributed by atoms with Crippen LogP contribution in [-0.4, -0.2) is 23.7 Å². The van der Waals surface area contributed by atoms with Gasteiger partial charge >= 0.3 is 6.03 Å². The summed E-state index contributed by atoms with van der Waals surface area (Å²) in [6.07, 6.45) is 4.28. The van der Waals surface area contributed by atoms with E-state index in [1.54, 1.807) is 6.20 Å². The van der Waals surface area contributed by atoms with E-state index < -0.39 is 0 Å². The second-order valence-electron chi connectivity index (χ2n) is 5.24. The minimum absolute atomic E-state index is 0.135. The lowest BCUT2D eigenvalue weighted by Crippen LogP contribution is -2.39. The Morgan fingerprint density at radius 1 is 1.47 bits per heavy atom. The van der Waals surface area contributed by atoms with Gasteiger partial charge in [-0.1, -0.05) is 6.07 Å². The van der Waals surface area contributed by atoms with E-state index >= 15 is 0 Å². The van der Waals surface area contributed by atoms with Gasteiger partial charge < -0.3 is 15.4 Å². The molecule has 0 aromatic carbocycles. The quantitative estimate of drug-likeness (QED) is 0.826. The fourth-order valence-electron chi connectivity index (χ4n) is 1.58. The van der Waals surface area contributed by atoms with Crippen LogP contribution in [0.15, 0.2) is 18.3 Å². The fraction of sp³-hybridized carbons (Fsp3) is 0.571. The maximum Gasteiger partial charge on any atom is 0.315 e. The number of urea groups is 1. The second-order valence-corrected chi connectivity index (χ2v) is 5.24. The zero-order chi connectivity index (χ0) is 13.7. The van der Waals surface area contributed by atoms with Crippen LogP contribution in [-0.2, 0) is 6.54 Å². The summed E-state index contributed by atoms with van der Waals surface area (Å²) in [5, 5.41) is 5.55. The van der Waals surface area contributed by atoms with Crippen molar-refractivity contribution in [3.8, 4) is 5.88 Å². The molecule has 5 nitrogen and oxygen atoms in total. The van der Waals surface area contributed by atoms with E-state index in [1.807, 2.05) is 26.0 Å². The minimum atomic E-state index is -0.163. The van der Waals surface area contributed by atoms with Gasteiger partial charge in [0.25, 0.3) is 0 Å². The van der Waals surface area contributed by atoms with E-state index in [4.69, 9.17) is 4.74 Å². The molecule has 2 N–H and O–H groups in total. The summed E-state index contributed by atoms with van der Waals surface area (Å²) in [4.78, 5) is 15.6. The molecule has 0 bridgehead atoms. The smallest absolute Gasteiger partial charge is 0.315 e. The number of rotatable bonds is 6. The highest BCUT2D eigenvalue weighted by atomic mass is 16.5. The molecular formula is C14H21N3O2. The van der Waals surface area contributed by atoms with Crippen LogP contribution in [0.3, 0.4) is 0 Å². The summed E-state index contributed by atoms with van der Waals surface area (Å²) in [7, 11) is 0. The molecule has 1 aliphatic rings. The van der Waals surface area contributed by atoms with Gasteiger partial charge in [-0.05, 0) is 38.2 Å². The zero-order valence-electron chi connectivity index (χ0n) is 11.5. The van der Waals surface area contributed by atoms with Gasteiger partial charge in [0, 0.05) is 24.8 Å². The summed E-state index contributed by atoms with van der Waals surface area (Å²) < 4.78 is 5.55. The first-order valence-corrected chi connectivity index (χ1v) is 6.75. The third-order valence-electron chi connectivity index (χ3n) is 2.83. The topological polar surface area (TPSA) is 63.2 Å². The highest BCUT2D eigenvalue weighted by Gasteiger charge is 2.21. The van der Waals surface area contributed by atoms with Crippen molar-refractivity contribution in [3.63, 3.8) is 0 Å². The Morgan fingerprint density at radius 3 is 2.84 bits per heavy atom. The van der Waals surface area contributed by atoms with Gasteiger partial charge in [0.05, 0.1) is 6.61 Å². The zero-order valence-corrected chi connectivity index (χ0v) is 11.5. The van der Waals surface area contributed by atoms with Crippen molar-refractivity contribution in [2.75, 3.05) is 6.61 Å². The van der Waals surface area contributed by atoms with Crippen LogP contribution in [0.2, 0.25) is 0 Å².